The second-order valence-corrected chi connectivity index (χ2v) is 5.86. The highest BCUT2D eigenvalue weighted by atomic mass is 32.1. The minimum atomic E-state index is -0.00783. The second-order valence-electron chi connectivity index (χ2n) is 5.01. The summed E-state index contributed by atoms with van der Waals surface area (Å²) in [5, 5.41) is 2.52. The van der Waals surface area contributed by atoms with Gasteiger partial charge in [0.1, 0.15) is 6.10 Å². The first-order chi connectivity index (χ1) is 10.8. The van der Waals surface area contributed by atoms with Gasteiger partial charge < -0.3 is 9.64 Å². The van der Waals surface area contributed by atoms with E-state index in [0.717, 1.165) is 11.0 Å². The number of carbonyl (C=O) groups is 1. The molecule has 0 unspecified atom stereocenters. The van der Waals surface area contributed by atoms with Gasteiger partial charge >= 0.3 is 0 Å². The number of thiazole rings is 1. The fourth-order valence-electron chi connectivity index (χ4n) is 2.37. The average molecular weight is 312 g/mol. The second kappa shape index (κ2) is 5.34. The molecule has 0 atom stereocenters. The van der Waals surface area contributed by atoms with Crippen LogP contribution >= 0.6 is 11.3 Å². The number of aromatic nitrogens is 3. The predicted molar refractivity (Wildman–Crippen MR) is 82.0 cm³/mol. The molecular formula is C15H12N4O2S. The van der Waals surface area contributed by atoms with Crippen molar-refractivity contribution in [3.05, 3.63) is 47.7 Å². The third-order valence-corrected chi connectivity index (χ3v) is 4.19. The van der Waals surface area contributed by atoms with Gasteiger partial charge in [-0.1, -0.05) is 11.3 Å². The summed E-state index contributed by atoms with van der Waals surface area (Å²) < 4.78 is 5.67. The molecular weight excluding hydrogens is 300 g/mol. The molecule has 0 spiro atoms. The van der Waals surface area contributed by atoms with Crippen LogP contribution in [0.3, 0.4) is 0 Å². The summed E-state index contributed by atoms with van der Waals surface area (Å²) in [4.78, 5) is 26.7. The smallest absolute Gasteiger partial charge is 0.273 e. The Hall–Kier alpha value is -2.54. The van der Waals surface area contributed by atoms with Gasteiger partial charge in [-0.2, -0.15) is 0 Å². The third-order valence-electron chi connectivity index (χ3n) is 3.53. The molecule has 2 aromatic heterocycles. The first-order valence-corrected chi connectivity index (χ1v) is 7.74. The van der Waals surface area contributed by atoms with Crippen molar-refractivity contribution in [2.24, 2.45) is 0 Å². The van der Waals surface area contributed by atoms with Crippen LogP contribution in [-0.4, -0.2) is 45.0 Å². The van der Waals surface area contributed by atoms with Crippen molar-refractivity contribution >= 4 is 28.3 Å². The van der Waals surface area contributed by atoms with Crippen molar-refractivity contribution in [1.82, 2.24) is 19.9 Å². The number of fused-ring (bicyclic) bond motifs is 1. The number of carbonyl (C=O) groups excluding carboxylic acids is 1. The minimum Gasteiger partial charge on any atom is -0.463 e. The van der Waals surface area contributed by atoms with Gasteiger partial charge in [-0.25, -0.2) is 4.98 Å². The number of rotatable bonds is 3. The van der Waals surface area contributed by atoms with Crippen molar-refractivity contribution in [3.8, 4) is 5.19 Å². The molecule has 22 heavy (non-hydrogen) atoms. The molecule has 0 N–H and O–H groups in total. The summed E-state index contributed by atoms with van der Waals surface area (Å²) in [6.45, 7) is 1.16. The van der Waals surface area contributed by atoms with Crippen molar-refractivity contribution in [1.29, 1.82) is 0 Å². The van der Waals surface area contributed by atoms with Crippen LogP contribution in [0.1, 0.15) is 10.4 Å². The van der Waals surface area contributed by atoms with Crippen LogP contribution in [0.2, 0.25) is 0 Å². The molecule has 7 heteroatoms. The molecule has 1 saturated heterocycles. The summed E-state index contributed by atoms with van der Waals surface area (Å²) in [6.07, 6.45) is 4.99. The van der Waals surface area contributed by atoms with E-state index in [0.29, 0.717) is 23.8 Å². The topological polar surface area (TPSA) is 68.2 Å². The summed E-state index contributed by atoms with van der Waals surface area (Å²) in [5.74, 6) is -0.00783. The van der Waals surface area contributed by atoms with Gasteiger partial charge in [-0.3, -0.25) is 14.8 Å². The highest BCUT2D eigenvalue weighted by Gasteiger charge is 2.33. The van der Waals surface area contributed by atoms with Crippen LogP contribution in [0.15, 0.2) is 42.2 Å². The number of hydrogen-bond acceptors (Lipinski definition) is 6. The van der Waals surface area contributed by atoms with Crippen molar-refractivity contribution in [2.75, 3.05) is 13.1 Å². The van der Waals surface area contributed by atoms with Crippen molar-refractivity contribution in [2.45, 2.75) is 6.10 Å². The highest BCUT2D eigenvalue weighted by molar-refractivity contribution is 7.11. The Morgan fingerprint density at radius 3 is 2.73 bits per heavy atom. The van der Waals surface area contributed by atoms with E-state index in [1.807, 2.05) is 11.4 Å². The van der Waals surface area contributed by atoms with Crippen LogP contribution < -0.4 is 4.74 Å². The zero-order valence-corrected chi connectivity index (χ0v) is 12.4. The molecule has 110 valence electrons. The molecule has 6 nitrogen and oxygen atoms in total. The van der Waals surface area contributed by atoms with Crippen LogP contribution in [-0.2, 0) is 0 Å². The van der Waals surface area contributed by atoms with E-state index < -0.39 is 0 Å². The predicted octanol–water partition coefficient (Wildman–Crippen LogP) is 1.99. The Kier molecular flexibility index (Phi) is 3.19. The van der Waals surface area contributed by atoms with E-state index in [4.69, 9.17) is 4.74 Å². The van der Waals surface area contributed by atoms with Gasteiger partial charge in [0.2, 0.25) is 0 Å². The number of nitrogens with zero attached hydrogens (tertiary/aromatic N) is 4. The molecule has 1 aromatic carbocycles. The van der Waals surface area contributed by atoms with Gasteiger partial charge in [0.25, 0.3) is 11.1 Å². The lowest BCUT2D eigenvalue weighted by atomic mass is 10.1. The first kappa shape index (κ1) is 13.1. The Morgan fingerprint density at radius 2 is 1.95 bits per heavy atom. The molecule has 1 amide bonds. The maximum absolute atomic E-state index is 12.4. The zero-order valence-electron chi connectivity index (χ0n) is 11.5. The summed E-state index contributed by atoms with van der Waals surface area (Å²) in [6, 6.07) is 5.38. The van der Waals surface area contributed by atoms with Gasteiger partial charge in [0.15, 0.2) is 0 Å². The van der Waals surface area contributed by atoms with Crippen LogP contribution in [0.4, 0.5) is 0 Å². The lowest BCUT2D eigenvalue weighted by Gasteiger charge is -2.38. The number of hydrogen-bond donors (Lipinski definition) is 0. The SMILES string of the molecule is O=C(c1ccc2nccnc2c1)N1CC(Oc2nccs2)C1. The fraction of sp³-hybridized carbons (Fsp3) is 0.200. The maximum atomic E-state index is 12.4. The Balaban J connectivity index is 1.44. The molecule has 1 aliphatic rings. The number of ether oxygens (including phenoxy) is 1. The molecule has 1 fully saturated rings. The lowest BCUT2D eigenvalue weighted by molar-refractivity contribution is 0.0177. The average Bonchev–Trinajstić information content (AvgIpc) is 3.02. The Bertz CT molecular complexity index is 815. The first-order valence-electron chi connectivity index (χ1n) is 6.86. The van der Waals surface area contributed by atoms with Gasteiger partial charge in [0, 0.05) is 29.5 Å². The quantitative estimate of drug-likeness (QED) is 0.740. The van der Waals surface area contributed by atoms with Crippen LogP contribution in [0.5, 0.6) is 5.19 Å². The van der Waals surface area contributed by atoms with E-state index in [-0.39, 0.29) is 12.0 Å². The number of benzene rings is 1. The van der Waals surface area contributed by atoms with E-state index in [1.165, 1.54) is 11.3 Å². The highest BCUT2D eigenvalue weighted by Crippen LogP contribution is 2.22. The van der Waals surface area contributed by atoms with E-state index in [9.17, 15) is 4.79 Å². The molecule has 0 aliphatic carbocycles. The molecule has 0 bridgehead atoms. The van der Waals surface area contributed by atoms with Crippen LogP contribution in [0, 0.1) is 0 Å². The molecule has 3 aromatic rings. The molecule has 0 radical (unpaired) electrons. The molecule has 0 saturated carbocycles. The normalized spacial score (nSPS) is 14.8. The summed E-state index contributed by atoms with van der Waals surface area (Å²) in [7, 11) is 0. The van der Waals surface area contributed by atoms with E-state index in [2.05, 4.69) is 15.0 Å². The number of likely N-dealkylation sites (tertiary alicyclic amines) is 1. The Labute approximate surface area is 130 Å². The molecule has 1 aliphatic heterocycles. The van der Waals surface area contributed by atoms with E-state index >= 15 is 0 Å². The van der Waals surface area contributed by atoms with Crippen LogP contribution in [0.25, 0.3) is 11.0 Å². The van der Waals surface area contributed by atoms with Gasteiger partial charge in [0.05, 0.1) is 24.1 Å². The molecule has 3 heterocycles. The van der Waals surface area contributed by atoms with E-state index in [1.54, 1.807) is 35.6 Å². The fourth-order valence-corrected chi connectivity index (χ4v) is 2.92. The summed E-state index contributed by atoms with van der Waals surface area (Å²) >= 11 is 1.46. The maximum Gasteiger partial charge on any atom is 0.273 e. The Morgan fingerprint density at radius 1 is 1.14 bits per heavy atom. The van der Waals surface area contributed by atoms with Gasteiger partial charge in [-0.15, -0.1) is 0 Å². The standard InChI is InChI=1S/C15H12N4O2S/c20-14(10-1-2-12-13(7-10)17-4-3-16-12)19-8-11(9-19)21-15-18-5-6-22-15/h1-7,11H,8-9H2. The molecule has 4 rings (SSSR count). The summed E-state index contributed by atoms with van der Waals surface area (Å²) in [5.41, 5.74) is 2.14. The van der Waals surface area contributed by atoms with Crippen molar-refractivity contribution in [3.63, 3.8) is 0 Å². The minimum absolute atomic E-state index is 0.00783. The number of amides is 1. The largest absolute Gasteiger partial charge is 0.463 e. The third kappa shape index (κ3) is 2.39. The monoisotopic (exact) mass is 312 g/mol. The van der Waals surface area contributed by atoms with Gasteiger partial charge in [-0.05, 0) is 18.2 Å². The lowest BCUT2D eigenvalue weighted by Crippen LogP contribution is -2.56. The van der Waals surface area contributed by atoms with Crippen molar-refractivity contribution < 1.29 is 9.53 Å². The zero-order chi connectivity index (χ0) is 14.9.